The number of aryl methyl sites for hydroxylation is 1. The highest BCUT2D eigenvalue weighted by Gasteiger charge is 2.11. The van der Waals surface area contributed by atoms with E-state index in [9.17, 15) is 13.6 Å². The molecule has 0 saturated carbocycles. The number of aromatic nitrogens is 1. The highest BCUT2D eigenvalue weighted by atomic mass is 19.3. The van der Waals surface area contributed by atoms with Crippen molar-refractivity contribution in [3.05, 3.63) is 53.9 Å². The SMILES string of the molecule is CN=C(NCC(=O)Nc1cccnc1)NCc1cc(C)ccc1OC(F)F. The smallest absolute Gasteiger partial charge is 0.387 e. The van der Waals surface area contributed by atoms with Gasteiger partial charge in [0.25, 0.3) is 0 Å². The Balaban J connectivity index is 1.88. The summed E-state index contributed by atoms with van der Waals surface area (Å²) in [7, 11) is 1.54. The number of pyridine rings is 1. The molecule has 1 heterocycles. The van der Waals surface area contributed by atoms with Crippen LogP contribution in [0.5, 0.6) is 5.75 Å². The number of aliphatic imine (C=N–C) groups is 1. The fourth-order valence-corrected chi connectivity index (χ4v) is 2.26. The third-order valence-electron chi connectivity index (χ3n) is 3.46. The van der Waals surface area contributed by atoms with E-state index in [4.69, 9.17) is 0 Å². The number of nitrogens with zero attached hydrogens (tertiary/aromatic N) is 2. The largest absolute Gasteiger partial charge is 0.434 e. The van der Waals surface area contributed by atoms with Gasteiger partial charge in [0, 0.05) is 25.4 Å². The summed E-state index contributed by atoms with van der Waals surface area (Å²) in [4.78, 5) is 19.9. The molecule has 3 N–H and O–H groups in total. The monoisotopic (exact) mass is 377 g/mol. The standard InChI is InChI=1S/C18H21F2N5O2/c1-12-5-6-15(27-17(19)20)13(8-12)9-23-18(21-2)24-11-16(26)25-14-4-3-7-22-10-14/h3-8,10,17H,9,11H2,1-2H3,(H,25,26)(H2,21,23,24). The van der Waals surface area contributed by atoms with E-state index in [-0.39, 0.29) is 24.7 Å². The summed E-state index contributed by atoms with van der Waals surface area (Å²) in [5, 5.41) is 8.50. The molecule has 144 valence electrons. The van der Waals surface area contributed by atoms with Crippen molar-refractivity contribution in [3.63, 3.8) is 0 Å². The summed E-state index contributed by atoms with van der Waals surface area (Å²) in [6.07, 6.45) is 3.14. The number of hydrogen-bond donors (Lipinski definition) is 3. The molecule has 1 aromatic carbocycles. The number of halogens is 2. The summed E-state index contributed by atoms with van der Waals surface area (Å²) < 4.78 is 29.6. The first-order chi connectivity index (χ1) is 13.0. The van der Waals surface area contributed by atoms with Crippen molar-refractivity contribution in [2.24, 2.45) is 4.99 Å². The third-order valence-corrected chi connectivity index (χ3v) is 3.46. The van der Waals surface area contributed by atoms with Gasteiger partial charge in [-0.05, 0) is 25.1 Å². The van der Waals surface area contributed by atoms with Crippen LogP contribution in [0.25, 0.3) is 0 Å². The Morgan fingerprint density at radius 3 is 2.78 bits per heavy atom. The van der Waals surface area contributed by atoms with E-state index in [0.29, 0.717) is 17.2 Å². The quantitative estimate of drug-likeness (QED) is 0.509. The molecule has 0 atom stereocenters. The average molecular weight is 377 g/mol. The normalized spacial score (nSPS) is 11.2. The Morgan fingerprint density at radius 2 is 2.11 bits per heavy atom. The fraction of sp³-hybridized carbons (Fsp3) is 0.278. The maximum absolute atomic E-state index is 12.5. The molecule has 9 heteroatoms. The van der Waals surface area contributed by atoms with Crippen molar-refractivity contribution in [3.8, 4) is 5.75 Å². The van der Waals surface area contributed by atoms with Crippen molar-refractivity contribution >= 4 is 17.6 Å². The lowest BCUT2D eigenvalue weighted by Crippen LogP contribution is -2.41. The summed E-state index contributed by atoms with van der Waals surface area (Å²) in [6, 6.07) is 8.37. The van der Waals surface area contributed by atoms with Crippen LogP contribution >= 0.6 is 0 Å². The molecule has 2 aromatic rings. The van der Waals surface area contributed by atoms with Gasteiger partial charge in [0.05, 0.1) is 18.4 Å². The Hall–Kier alpha value is -3.23. The van der Waals surface area contributed by atoms with Crippen LogP contribution < -0.4 is 20.7 Å². The van der Waals surface area contributed by atoms with E-state index in [1.54, 1.807) is 37.5 Å². The molecule has 1 amide bonds. The number of amides is 1. The number of hydrogen-bond acceptors (Lipinski definition) is 4. The molecule has 0 bridgehead atoms. The van der Waals surface area contributed by atoms with Gasteiger partial charge in [-0.3, -0.25) is 14.8 Å². The topological polar surface area (TPSA) is 87.6 Å². The molecule has 0 radical (unpaired) electrons. The minimum Gasteiger partial charge on any atom is -0.434 e. The molecule has 0 spiro atoms. The van der Waals surface area contributed by atoms with Crippen molar-refractivity contribution < 1.29 is 18.3 Å². The molecule has 0 aliphatic rings. The second-order valence-electron chi connectivity index (χ2n) is 5.56. The molecule has 0 aliphatic heterocycles. The van der Waals surface area contributed by atoms with Crippen molar-refractivity contribution in [1.29, 1.82) is 0 Å². The lowest BCUT2D eigenvalue weighted by molar-refractivity contribution is -0.115. The second kappa shape index (κ2) is 10.0. The number of carbonyl (C=O) groups excluding carboxylic acids is 1. The second-order valence-corrected chi connectivity index (χ2v) is 5.56. The first-order valence-electron chi connectivity index (χ1n) is 8.16. The zero-order chi connectivity index (χ0) is 19.6. The van der Waals surface area contributed by atoms with E-state index in [2.05, 4.69) is 30.7 Å². The molecular weight excluding hydrogens is 356 g/mol. The van der Waals surface area contributed by atoms with Gasteiger partial charge >= 0.3 is 6.61 Å². The average Bonchev–Trinajstić information content (AvgIpc) is 2.64. The van der Waals surface area contributed by atoms with E-state index in [1.807, 2.05) is 6.92 Å². The number of rotatable bonds is 7. The van der Waals surface area contributed by atoms with Gasteiger partial charge in [0.15, 0.2) is 5.96 Å². The fourth-order valence-electron chi connectivity index (χ4n) is 2.26. The Labute approximate surface area is 155 Å². The van der Waals surface area contributed by atoms with Gasteiger partial charge in [0.2, 0.25) is 5.91 Å². The summed E-state index contributed by atoms with van der Waals surface area (Å²) >= 11 is 0. The predicted molar refractivity (Wildman–Crippen MR) is 98.9 cm³/mol. The maximum Gasteiger partial charge on any atom is 0.387 e. The molecule has 0 fully saturated rings. The number of guanidine groups is 1. The van der Waals surface area contributed by atoms with Crippen LogP contribution in [-0.2, 0) is 11.3 Å². The molecule has 2 rings (SSSR count). The summed E-state index contributed by atoms with van der Waals surface area (Å²) in [5.74, 6) is 0.164. The number of nitrogens with one attached hydrogen (secondary N) is 3. The van der Waals surface area contributed by atoms with Crippen molar-refractivity contribution in [2.45, 2.75) is 20.1 Å². The van der Waals surface area contributed by atoms with E-state index in [1.165, 1.54) is 12.3 Å². The van der Waals surface area contributed by atoms with Crippen molar-refractivity contribution in [1.82, 2.24) is 15.6 Å². The van der Waals surface area contributed by atoms with Gasteiger partial charge in [0.1, 0.15) is 5.75 Å². The molecule has 27 heavy (non-hydrogen) atoms. The van der Waals surface area contributed by atoms with E-state index in [0.717, 1.165) is 5.56 Å². The van der Waals surface area contributed by atoms with Crippen LogP contribution in [0.2, 0.25) is 0 Å². The molecular formula is C18H21F2N5O2. The van der Waals surface area contributed by atoms with Gasteiger partial charge in [-0.1, -0.05) is 17.7 Å². The van der Waals surface area contributed by atoms with Crippen LogP contribution in [0.4, 0.5) is 14.5 Å². The van der Waals surface area contributed by atoms with E-state index < -0.39 is 6.61 Å². The zero-order valence-electron chi connectivity index (χ0n) is 15.0. The maximum atomic E-state index is 12.5. The highest BCUT2D eigenvalue weighted by Crippen LogP contribution is 2.21. The van der Waals surface area contributed by atoms with E-state index >= 15 is 0 Å². The van der Waals surface area contributed by atoms with Gasteiger partial charge in [-0.2, -0.15) is 8.78 Å². The van der Waals surface area contributed by atoms with Gasteiger partial charge in [-0.25, -0.2) is 0 Å². The molecule has 0 saturated heterocycles. The molecule has 7 nitrogen and oxygen atoms in total. The highest BCUT2D eigenvalue weighted by molar-refractivity contribution is 5.94. The minimum absolute atomic E-state index is 0.0250. The van der Waals surface area contributed by atoms with Crippen LogP contribution in [-0.4, -0.2) is 37.1 Å². The van der Waals surface area contributed by atoms with Crippen LogP contribution in [0.15, 0.2) is 47.7 Å². The van der Waals surface area contributed by atoms with Gasteiger partial charge in [-0.15, -0.1) is 0 Å². The lowest BCUT2D eigenvalue weighted by Gasteiger charge is -2.15. The van der Waals surface area contributed by atoms with Crippen molar-refractivity contribution in [2.75, 3.05) is 18.9 Å². The Kier molecular flexibility index (Phi) is 7.48. The zero-order valence-corrected chi connectivity index (χ0v) is 15.0. The van der Waals surface area contributed by atoms with Crippen LogP contribution in [0, 0.1) is 6.92 Å². The summed E-state index contributed by atoms with van der Waals surface area (Å²) in [5.41, 5.74) is 2.05. The molecule has 0 aliphatic carbocycles. The first kappa shape index (κ1) is 20.1. The first-order valence-corrected chi connectivity index (χ1v) is 8.16. The number of alkyl halides is 2. The number of benzene rings is 1. The Morgan fingerprint density at radius 1 is 1.30 bits per heavy atom. The summed E-state index contributed by atoms with van der Waals surface area (Å²) in [6.45, 7) is -0.873. The number of carbonyl (C=O) groups is 1. The predicted octanol–water partition coefficient (Wildman–Crippen LogP) is 2.30. The molecule has 1 aromatic heterocycles. The molecule has 0 unspecified atom stereocenters. The van der Waals surface area contributed by atoms with Gasteiger partial charge < -0.3 is 20.7 Å². The third kappa shape index (κ3) is 6.89. The van der Waals surface area contributed by atoms with Crippen LogP contribution in [0.1, 0.15) is 11.1 Å². The number of anilines is 1. The lowest BCUT2D eigenvalue weighted by atomic mass is 10.1. The number of ether oxygens (including phenoxy) is 1. The van der Waals surface area contributed by atoms with Crippen LogP contribution in [0.3, 0.4) is 0 Å². The Bertz CT molecular complexity index is 785. The minimum atomic E-state index is -2.90.